The van der Waals surface area contributed by atoms with Crippen LogP contribution in [0.2, 0.25) is 0 Å². The van der Waals surface area contributed by atoms with Gasteiger partial charge in [0.05, 0.1) is 13.1 Å². The van der Waals surface area contributed by atoms with Crippen LogP contribution in [0.5, 0.6) is 0 Å². The van der Waals surface area contributed by atoms with Crippen LogP contribution in [-0.2, 0) is 27.4 Å². The van der Waals surface area contributed by atoms with Crippen molar-refractivity contribution in [2.45, 2.75) is 32.9 Å². The van der Waals surface area contributed by atoms with E-state index in [2.05, 4.69) is 27.9 Å². The van der Waals surface area contributed by atoms with Gasteiger partial charge >= 0.3 is 0 Å². The van der Waals surface area contributed by atoms with Gasteiger partial charge < -0.3 is 19.4 Å². The van der Waals surface area contributed by atoms with Gasteiger partial charge in [-0.05, 0) is 6.92 Å². The Bertz CT molecular complexity index is 311. The van der Waals surface area contributed by atoms with E-state index in [4.69, 9.17) is 19.4 Å². The van der Waals surface area contributed by atoms with Gasteiger partial charge in [-0.15, -0.1) is 0 Å². The second kappa shape index (κ2) is 11.7. The highest BCUT2D eigenvalue weighted by Crippen LogP contribution is 1.90. The van der Waals surface area contributed by atoms with Crippen molar-refractivity contribution in [1.82, 2.24) is 4.57 Å². The Morgan fingerprint density at radius 3 is 2.42 bits per heavy atom. The number of methoxy groups -OCH3 is 2. The molecule has 6 nitrogen and oxygen atoms in total. The molecule has 0 fully saturated rings. The molecule has 1 aromatic rings. The Morgan fingerprint density at radius 1 is 1.26 bits per heavy atom. The molecule has 1 aromatic heterocycles. The van der Waals surface area contributed by atoms with E-state index in [9.17, 15) is 0 Å². The number of hydrogen-bond donors (Lipinski definition) is 0. The topological polar surface area (TPSA) is 67.4 Å². The number of carbonyl (C=O) groups excluding carboxylic acids is 1. The minimum absolute atomic E-state index is 0.821. The van der Waals surface area contributed by atoms with Gasteiger partial charge in [0, 0.05) is 46.2 Å². The summed E-state index contributed by atoms with van der Waals surface area (Å²) in [6, 6.07) is 0. The van der Waals surface area contributed by atoms with E-state index in [0.29, 0.717) is 0 Å². The molecule has 19 heavy (non-hydrogen) atoms. The van der Waals surface area contributed by atoms with E-state index < -0.39 is 5.97 Å². The zero-order valence-corrected chi connectivity index (χ0v) is 12.0. The quantitative estimate of drug-likeness (QED) is 0.477. The molecule has 0 bridgehead atoms. The third-order valence-corrected chi connectivity index (χ3v) is 2.28. The number of carboxylic acids is 1. The number of carboxylic acid groups (broad SMARTS) is 1. The first-order valence-corrected chi connectivity index (χ1v) is 6.30. The lowest BCUT2D eigenvalue weighted by Crippen LogP contribution is -2.31. The highest BCUT2D eigenvalue weighted by molar-refractivity contribution is 5.60. The van der Waals surface area contributed by atoms with Gasteiger partial charge in [0.15, 0.2) is 0 Å². The highest BCUT2D eigenvalue weighted by atomic mass is 16.5. The van der Waals surface area contributed by atoms with Crippen LogP contribution in [-0.4, -0.2) is 38.0 Å². The normalized spacial score (nSPS) is 9.84. The highest BCUT2D eigenvalue weighted by Gasteiger charge is 2.02. The van der Waals surface area contributed by atoms with Gasteiger partial charge in [0.25, 0.3) is 0 Å². The van der Waals surface area contributed by atoms with Crippen LogP contribution in [0.1, 0.15) is 19.8 Å². The summed E-state index contributed by atoms with van der Waals surface area (Å²) in [5.41, 5.74) is 0. The minimum atomic E-state index is -1.08. The molecule has 1 heterocycles. The summed E-state index contributed by atoms with van der Waals surface area (Å²) in [4.78, 5) is 8.89. The molecule has 0 aliphatic carbocycles. The molecule has 110 valence electrons. The van der Waals surface area contributed by atoms with Crippen molar-refractivity contribution in [3.8, 4) is 0 Å². The third-order valence-electron chi connectivity index (χ3n) is 2.28. The van der Waals surface area contributed by atoms with Crippen molar-refractivity contribution >= 4 is 5.97 Å². The molecule has 0 unspecified atom stereocenters. The van der Waals surface area contributed by atoms with Crippen LogP contribution in [0.4, 0.5) is 0 Å². The maximum Gasteiger partial charge on any atom is 0.243 e. The predicted molar refractivity (Wildman–Crippen MR) is 68.3 cm³/mol. The molecule has 0 aliphatic heterocycles. The molecule has 0 saturated carbocycles. The lowest BCUT2D eigenvalue weighted by atomic mass is 10.4. The lowest BCUT2D eigenvalue weighted by Gasteiger charge is -1.97. The Balaban J connectivity index is 0.000000711. The molecule has 0 spiro atoms. The van der Waals surface area contributed by atoms with Crippen LogP contribution in [0.3, 0.4) is 0 Å². The van der Waals surface area contributed by atoms with Crippen molar-refractivity contribution in [2.75, 3.05) is 27.4 Å². The number of hydrogen-bond acceptors (Lipinski definition) is 4. The number of imidazole rings is 1. The summed E-state index contributed by atoms with van der Waals surface area (Å²) in [5, 5.41) is 8.89. The number of aliphatic carboxylic acids is 1. The summed E-state index contributed by atoms with van der Waals surface area (Å²) >= 11 is 0. The summed E-state index contributed by atoms with van der Waals surface area (Å²) in [6.07, 6.45) is 8.45. The minimum Gasteiger partial charge on any atom is -0.550 e. The smallest absolute Gasteiger partial charge is 0.243 e. The van der Waals surface area contributed by atoms with Crippen LogP contribution in [0.25, 0.3) is 0 Å². The Hall–Kier alpha value is -1.40. The van der Waals surface area contributed by atoms with Crippen LogP contribution in [0, 0.1) is 0 Å². The number of rotatable bonds is 8. The molecule has 0 radical (unpaired) electrons. The first-order chi connectivity index (χ1) is 9.10. The molecular weight excluding hydrogens is 248 g/mol. The maximum atomic E-state index is 8.89. The Morgan fingerprint density at radius 2 is 1.84 bits per heavy atom. The molecule has 6 heteroatoms. The molecule has 0 N–H and O–H groups in total. The van der Waals surface area contributed by atoms with Crippen LogP contribution in [0.15, 0.2) is 18.7 Å². The molecule has 0 atom stereocenters. The number of ether oxygens (including phenoxy) is 2. The van der Waals surface area contributed by atoms with E-state index in [0.717, 1.165) is 46.1 Å². The second-order valence-electron chi connectivity index (χ2n) is 4.07. The lowest BCUT2D eigenvalue weighted by molar-refractivity contribution is -0.697. The monoisotopic (exact) mass is 272 g/mol. The van der Waals surface area contributed by atoms with Crippen molar-refractivity contribution in [2.24, 2.45) is 0 Å². The zero-order valence-electron chi connectivity index (χ0n) is 12.0. The number of aromatic nitrogens is 2. The van der Waals surface area contributed by atoms with Gasteiger partial charge in [0.1, 0.15) is 12.4 Å². The first-order valence-electron chi connectivity index (χ1n) is 6.30. The second-order valence-corrected chi connectivity index (χ2v) is 4.07. The number of nitrogens with zero attached hydrogens (tertiary/aromatic N) is 2. The number of aryl methyl sites for hydroxylation is 2. The van der Waals surface area contributed by atoms with E-state index in [1.165, 1.54) is 0 Å². The van der Waals surface area contributed by atoms with Gasteiger partial charge in [-0.25, -0.2) is 9.13 Å². The Kier molecular flexibility index (Phi) is 10.8. The summed E-state index contributed by atoms with van der Waals surface area (Å²) in [5.74, 6) is -1.08. The van der Waals surface area contributed by atoms with Crippen molar-refractivity contribution < 1.29 is 23.9 Å². The fourth-order valence-corrected chi connectivity index (χ4v) is 1.49. The molecule has 0 aliphatic rings. The van der Waals surface area contributed by atoms with Gasteiger partial charge in [-0.2, -0.15) is 0 Å². The van der Waals surface area contributed by atoms with Crippen LogP contribution >= 0.6 is 0 Å². The summed E-state index contributed by atoms with van der Waals surface area (Å²) in [6.45, 7) is 4.65. The largest absolute Gasteiger partial charge is 0.550 e. The average molecular weight is 272 g/mol. The third kappa shape index (κ3) is 11.4. The molecule has 0 saturated heterocycles. The number of carbonyl (C=O) groups is 1. The molecular formula is C13H24N2O4. The first kappa shape index (κ1) is 17.6. The van der Waals surface area contributed by atoms with Crippen molar-refractivity contribution in [3.63, 3.8) is 0 Å². The van der Waals surface area contributed by atoms with Gasteiger partial charge in [-0.1, -0.05) is 0 Å². The Labute approximate surface area is 114 Å². The molecule has 0 aromatic carbocycles. The fourth-order valence-electron chi connectivity index (χ4n) is 1.49. The summed E-state index contributed by atoms with van der Waals surface area (Å²) in [7, 11) is 3.47. The van der Waals surface area contributed by atoms with E-state index in [1.807, 2.05) is 0 Å². The summed E-state index contributed by atoms with van der Waals surface area (Å²) < 4.78 is 14.4. The standard InChI is InChI=1S/C11H21N2O2.C2H4O2/c1-14-9-3-5-12-7-8-13(11-12)6-4-10-15-2;1-2(3)4/h7-8,11H,3-6,9-10H2,1-2H3;1H3,(H,3,4)/q+1;/p-1. The van der Waals surface area contributed by atoms with Crippen molar-refractivity contribution in [3.05, 3.63) is 18.7 Å². The van der Waals surface area contributed by atoms with Gasteiger partial charge in [-0.3, -0.25) is 0 Å². The average Bonchev–Trinajstić information content (AvgIpc) is 2.77. The zero-order chi connectivity index (χ0) is 14.5. The van der Waals surface area contributed by atoms with Crippen LogP contribution < -0.4 is 9.67 Å². The van der Waals surface area contributed by atoms with E-state index >= 15 is 0 Å². The SMILES string of the molecule is CC(=O)[O-].COCCCn1cc[n+](CCCOC)c1. The van der Waals surface area contributed by atoms with Crippen molar-refractivity contribution in [1.29, 1.82) is 0 Å². The molecule has 0 amide bonds. The predicted octanol–water partition coefficient (Wildman–Crippen LogP) is -0.395. The van der Waals surface area contributed by atoms with E-state index in [-0.39, 0.29) is 0 Å². The maximum absolute atomic E-state index is 8.89. The fraction of sp³-hybridized carbons (Fsp3) is 0.692. The van der Waals surface area contributed by atoms with Gasteiger partial charge in [0.2, 0.25) is 6.33 Å². The van der Waals surface area contributed by atoms with E-state index in [1.54, 1.807) is 14.2 Å². The molecule has 1 rings (SSSR count).